The fourth-order valence-corrected chi connectivity index (χ4v) is 6.71. The minimum Gasteiger partial charge on any atom is -0.466 e. The third-order valence-corrected chi connectivity index (χ3v) is 8.07. The van der Waals surface area contributed by atoms with Crippen molar-refractivity contribution < 1.29 is 29.0 Å². The van der Waals surface area contributed by atoms with Gasteiger partial charge in [0, 0.05) is 22.1 Å². The van der Waals surface area contributed by atoms with Gasteiger partial charge in [-0.3, -0.25) is 14.4 Å². The first-order chi connectivity index (χ1) is 16.2. The molecule has 184 valence electrons. The molecule has 10 heteroatoms. The lowest BCUT2D eigenvalue weighted by Crippen LogP contribution is -2.58. The van der Waals surface area contributed by atoms with Crippen LogP contribution in [0.15, 0.2) is 36.9 Å². The normalized spacial score (nSPS) is 32.4. The Morgan fingerprint density at radius 3 is 2.71 bits per heavy atom. The first-order valence-electron chi connectivity index (χ1n) is 11.3. The number of ether oxygens (including phenoxy) is 2. The number of alkyl halides is 1. The van der Waals surface area contributed by atoms with Crippen LogP contribution in [0.4, 0.5) is 5.69 Å². The third-order valence-electron chi connectivity index (χ3n) is 6.97. The Morgan fingerprint density at radius 2 is 2.12 bits per heavy atom. The first kappa shape index (κ1) is 25.2. The molecule has 2 amide bonds. The van der Waals surface area contributed by atoms with Crippen molar-refractivity contribution in [2.75, 3.05) is 24.7 Å². The number of hydrogen-bond acceptors (Lipinski definition) is 6. The lowest BCUT2D eigenvalue weighted by atomic mass is 9.70. The summed E-state index contributed by atoms with van der Waals surface area (Å²) >= 11 is 9.65. The van der Waals surface area contributed by atoms with Crippen LogP contribution in [0, 0.1) is 11.8 Å². The van der Waals surface area contributed by atoms with Crippen LogP contribution < -0.4 is 4.90 Å². The van der Waals surface area contributed by atoms with Gasteiger partial charge in [0.1, 0.15) is 11.6 Å². The number of aliphatic hydroxyl groups excluding tert-OH is 1. The highest BCUT2D eigenvalue weighted by Crippen LogP contribution is 2.60. The summed E-state index contributed by atoms with van der Waals surface area (Å²) in [5, 5.41) is 10.5. The van der Waals surface area contributed by atoms with Crippen LogP contribution in [0.3, 0.4) is 0 Å². The van der Waals surface area contributed by atoms with E-state index < -0.39 is 41.6 Å². The van der Waals surface area contributed by atoms with Crippen molar-refractivity contribution in [1.29, 1.82) is 0 Å². The van der Waals surface area contributed by atoms with E-state index in [1.54, 1.807) is 44.2 Å². The van der Waals surface area contributed by atoms with E-state index in [4.69, 9.17) is 21.1 Å². The van der Waals surface area contributed by atoms with Crippen molar-refractivity contribution in [2.24, 2.45) is 11.8 Å². The Labute approximate surface area is 211 Å². The van der Waals surface area contributed by atoms with Gasteiger partial charge in [-0.05, 0) is 44.5 Å². The molecule has 0 aliphatic carbocycles. The van der Waals surface area contributed by atoms with E-state index in [1.807, 2.05) is 0 Å². The molecule has 0 radical (unpaired) electrons. The summed E-state index contributed by atoms with van der Waals surface area (Å²) in [6.07, 6.45) is 1.38. The molecular weight excluding hydrogens is 528 g/mol. The van der Waals surface area contributed by atoms with E-state index in [0.29, 0.717) is 17.1 Å². The van der Waals surface area contributed by atoms with Crippen LogP contribution in [0.2, 0.25) is 5.02 Å². The van der Waals surface area contributed by atoms with Gasteiger partial charge in [0.15, 0.2) is 0 Å². The van der Waals surface area contributed by atoms with Gasteiger partial charge in [-0.2, -0.15) is 0 Å². The Balaban J connectivity index is 1.81. The molecule has 1 spiro atoms. The summed E-state index contributed by atoms with van der Waals surface area (Å²) in [5.41, 5.74) is -0.636. The summed E-state index contributed by atoms with van der Waals surface area (Å²) in [4.78, 5) is 43.6. The van der Waals surface area contributed by atoms with Crippen molar-refractivity contribution in [1.82, 2.24) is 4.90 Å². The monoisotopic (exact) mass is 554 g/mol. The second-order valence-electron chi connectivity index (χ2n) is 8.91. The summed E-state index contributed by atoms with van der Waals surface area (Å²) in [5.74, 6) is -2.97. The molecule has 3 aliphatic heterocycles. The first-order valence-corrected chi connectivity index (χ1v) is 12.6. The molecule has 0 aromatic heterocycles. The average Bonchev–Trinajstić information content (AvgIpc) is 3.41. The van der Waals surface area contributed by atoms with Gasteiger partial charge < -0.3 is 24.4 Å². The topological polar surface area (TPSA) is 96.4 Å². The fraction of sp³-hybridized carbons (Fsp3) is 0.542. The third kappa shape index (κ3) is 3.77. The van der Waals surface area contributed by atoms with Crippen molar-refractivity contribution in [3.05, 3.63) is 41.9 Å². The van der Waals surface area contributed by atoms with E-state index >= 15 is 0 Å². The number of aliphatic hydroxyl groups is 1. The molecule has 1 aromatic carbocycles. The molecular formula is C24H28BrClN2O6. The zero-order valence-corrected chi connectivity index (χ0v) is 21.4. The molecule has 3 unspecified atom stereocenters. The number of anilines is 1. The van der Waals surface area contributed by atoms with Crippen LogP contribution >= 0.6 is 27.5 Å². The minimum absolute atomic E-state index is 0.172. The van der Waals surface area contributed by atoms with E-state index in [0.717, 1.165) is 0 Å². The predicted octanol–water partition coefficient (Wildman–Crippen LogP) is 2.55. The van der Waals surface area contributed by atoms with Crippen LogP contribution in [-0.4, -0.2) is 76.2 Å². The average molecular weight is 556 g/mol. The SMILES string of the molecule is C=CCN(C(=O)C1N([C@H](C)CO)C(=O)[C@@H]2[C@H](C(=O)OCC)[C@H]3OC12CC3Br)c1ccc(Cl)cc1. The highest BCUT2D eigenvalue weighted by atomic mass is 79.9. The number of fused-ring (bicyclic) bond motifs is 1. The maximum absolute atomic E-state index is 14.2. The van der Waals surface area contributed by atoms with Gasteiger partial charge in [0.2, 0.25) is 5.91 Å². The van der Waals surface area contributed by atoms with E-state index in [9.17, 15) is 19.5 Å². The van der Waals surface area contributed by atoms with E-state index in [2.05, 4.69) is 22.5 Å². The van der Waals surface area contributed by atoms with Gasteiger partial charge >= 0.3 is 5.97 Å². The van der Waals surface area contributed by atoms with Gasteiger partial charge in [0.25, 0.3) is 5.91 Å². The van der Waals surface area contributed by atoms with Gasteiger partial charge in [-0.25, -0.2) is 0 Å². The molecule has 3 aliphatic rings. The number of rotatable bonds is 8. The minimum atomic E-state index is -1.22. The van der Waals surface area contributed by atoms with Crippen molar-refractivity contribution in [3.8, 4) is 0 Å². The molecule has 0 saturated carbocycles. The molecule has 1 aromatic rings. The Bertz CT molecular complexity index is 990. The molecule has 2 bridgehead atoms. The van der Waals surface area contributed by atoms with Crippen LogP contribution in [0.5, 0.6) is 0 Å². The molecule has 4 rings (SSSR count). The van der Waals surface area contributed by atoms with Gasteiger partial charge in [0.05, 0.1) is 37.2 Å². The molecule has 3 fully saturated rings. The number of halogens is 2. The summed E-state index contributed by atoms with van der Waals surface area (Å²) in [6.45, 7) is 7.18. The maximum Gasteiger partial charge on any atom is 0.312 e. The maximum atomic E-state index is 14.2. The second kappa shape index (κ2) is 9.60. The lowest BCUT2D eigenvalue weighted by molar-refractivity contribution is -0.155. The van der Waals surface area contributed by atoms with Gasteiger partial charge in [-0.1, -0.05) is 33.6 Å². The summed E-state index contributed by atoms with van der Waals surface area (Å²) in [6, 6.07) is 5.11. The predicted molar refractivity (Wildman–Crippen MR) is 130 cm³/mol. The number of nitrogens with zero attached hydrogens (tertiary/aromatic N) is 2. The highest BCUT2D eigenvalue weighted by molar-refractivity contribution is 9.09. The molecule has 1 N–H and O–H groups in total. The molecule has 8 nitrogen and oxygen atoms in total. The largest absolute Gasteiger partial charge is 0.466 e. The van der Waals surface area contributed by atoms with Crippen molar-refractivity contribution in [3.63, 3.8) is 0 Å². The van der Waals surface area contributed by atoms with E-state index in [1.165, 1.54) is 9.80 Å². The standard InChI is InChI=1S/C24H28BrClN2O6/c1-4-10-27(15-8-6-14(26)7-9-15)22(31)20-24-11-16(25)19(34-24)17(23(32)33-5-2)18(24)21(30)28(20)13(3)12-29/h4,6-9,13,16-20,29H,1,5,10-12H2,2-3H3/t13-,16?,17+,18+,19+,20?,24?/m1/s1. The Kier molecular flexibility index (Phi) is 7.11. The fourth-order valence-electron chi connectivity index (χ4n) is 5.64. The Morgan fingerprint density at radius 1 is 1.44 bits per heavy atom. The number of hydrogen-bond donors (Lipinski definition) is 1. The van der Waals surface area contributed by atoms with Gasteiger partial charge in [-0.15, -0.1) is 6.58 Å². The number of carbonyl (C=O) groups is 3. The zero-order valence-electron chi connectivity index (χ0n) is 19.0. The quantitative estimate of drug-likeness (QED) is 0.301. The van der Waals surface area contributed by atoms with Crippen molar-refractivity contribution >= 4 is 51.0 Å². The second-order valence-corrected chi connectivity index (χ2v) is 10.5. The molecule has 7 atom stereocenters. The van der Waals surface area contributed by atoms with Crippen LogP contribution in [0.1, 0.15) is 20.3 Å². The number of benzene rings is 1. The number of likely N-dealkylation sites (tertiary alicyclic amines) is 1. The van der Waals surface area contributed by atoms with E-state index in [-0.39, 0.29) is 36.4 Å². The number of carbonyl (C=O) groups excluding carboxylic acids is 3. The lowest BCUT2D eigenvalue weighted by Gasteiger charge is -2.38. The number of amides is 2. The van der Waals surface area contributed by atoms with Crippen molar-refractivity contribution in [2.45, 2.75) is 48.9 Å². The zero-order chi connectivity index (χ0) is 24.8. The Hall–Kier alpha value is -1.94. The van der Waals surface area contributed by atoms with Crippen LogP contribution in [0.25, 0.3) is 0 Å². The smallest absolute Gasteiger partial charge is 0.312 e. The molecule has 3 saturated heterocycles. The molecule has 34 heavy (non-hydrogen) atoms. The number of esters is 1. The molecule has 3 heterocycles. The highest BCUT2D eigenvalue weighted by Gasteiger charge is 2.77. The summed E-state index contributed by atoms with van der Waals surface area (Å²) < 4.78 is 11.7. The summed E-state index contributed by atoms with van der Waals surface area (Å²) in [7, 11) is 0. The van der Waals surface area contributed by atoms with Crippen LogP contribution in [-0.2, 0) is 23.9 Å².